The fraction of sp³-hybridized carbons (Fsp3) is 0.333. The highest BCUT2D eigenvalue weighted by Crippen LogP contribution is 2.30. The number of methoxy groups -OCH3 is 1. The van der Waals surface area contributed by atoms with Crippen LogP contribution in [0.4, 0.5) is 0 Å². The summed E-state index contributed by atoms with van der Waals surface area (Å²) >= 11 is 3.36. The first-order chi connectivity index (χ1) is 8.19. The topological polar surface area (TPSA) is 39.2 Å². The molecule has 2 rings (SSSR count). The monoisotopic (exact) mass is 267 g/mol. The molecule has 5 heteroatoms. The first-order valence-corrected chi connectivity index (χ1v) is 6.96. The van der Waals surface area contributed by atoms with E-state index in [1.54, 1.807) is 22.7 Å². The van der Waals surface area contributed by atoms with Crippen LogP contribution >= 0.6 is 22.7 Å². The molecule has 0 aromatic carbocycles. The van der Waals surface area contributed by atoms with Crippen molar-refractivity contribution < 1.29 is 9.53 Å². The minimum atomic E-state index is -0.188. The Morgan fingerprint density at radius 2 is 2.29 bits per heavy atom. The van der Waals surface area contributed by atoms with Crippen molar-refractivity contribution in [3.05, 3.63) is 28.1 Å². The SMILES string of the molecule is COC(=O)CCc1csc(-c2ccc(C)s2)n1. The molecule has 0 aliphatic carbocycles. The second-order valence-electron chi connectivity index (χ2n) is 3.63. The molecule has 2 aromatic heterocycles. The normalized spacial score (nSPS) is 10.5. The van der Waals surface area contributed by atoms with E-state index in [1.165, 1.54) is 16.9 Å². The van der Waals surface area contributed by atoms with Crippen molar-refractivity contribution in [3.8, 4) is 9.88 Å². The van der Waals surface area contributed by atoms with Gasteiger partial charge in [0, 0.05) is 16.7 Å². The maximum atomic E-state index is 11.0. The molecule has 3 nitrogen and oxygen atoms in total. The number of thiophene rings is 1. The Morgan fingerprint density at radius 3 is 2.94 bits per heavy atom. The fourth-order valence-corrected chi connectivity index (χ4v) is 3.21. The lowest BCUT2D eigenvalue weighted by Gasteiger charge is -1.95. The van der Waals surface area contributed by atoms with E-state index in [1.807, 2.05) is 5.38 Å². The van der Waals surface area contributed by atoms with Crippen molar-refractivity contribution in [1.29, 1.82) is 0 Å². The summed E-state index contributed by atoms with van der Waals surface area (Å²) in [6, 6.07) is 4.18. The van der Waals surface area contributed by atoms with E-state index in [4.69, 9.17) is 0 Å². The second kappa shape index (κ2) is 5.42. The van der Waals surface area contributed by atoms with E-state index in [0.717, 1.165) is 10.7 Å². The zero-order valence-electron chi connectivity index (χ0n) is 9.73. The molecule has 0 fully saturated rings. The summed E-state index contributed by atoms with van der Waals surface area (Å²) in [7, 11) is 1.41. The number of thiazole rings is 1. The van der Waals surface area contributed by atoms with Gasteiger partial charge in [0.1, 0.15) is 5.01 Å². The molecule has 0 atom stereocenters. The van der Waals surface area contributed by atoms with Crippen LogP contribution in [0.2, 0.25) is 0 Å². The molecule has 17 heavy (non-hydrogen) atoms. The van der Waals surface area contributed by atoms with Gasteiger partial charge in [0.15, 0.2) is 0 Å². The van der Waals surface area contributed by atoms with Gasteiger partial charge in [0.2, 0.25) is 0 Å². The Hall–Kier alpha value is -1.20. The molecule has 0 amide bonds. The first kappa shape index (κ1) is 12.3. The maximum Gasteiger partial charge on any atom is 0.305 e. The molecule has 90 valence electrons. The molecule has 0 aliphatic heterocycles. The third-order valence-corrected chi connectivity index (χ3v) is 4.38. The van der Waals surface area contributed by atoms with E-state index in [2.05, 4.69) is 28.8 Å². The molecule has 0 unspecified atom stereocenters. The molecule has 0 saturated carbocycles. The van der Waals surface area contributed by atoms with Crippen LogP contribution in [0.5, 0.6) is 0 Å². The number of nitrogens with zero attached hydrogens (tertiary/aromatic N) is 1. The zero-order chi connectivity index (χ0) is 12.3. The van der Waals surface area contributed by atoms with Crippen molar-refractivity contribution >= 4 is 28.6 Å². The van der Waals surface area contributed by atoms with Gasteiger partial charge in [0.05, 0.1) is 24.1 Å². The number of carbonyl (C=O) groups is 1. The summed E-state index contributed by atoms with van der Waals surface area (Å²) in [6.45, 7) is 2.08. The van der Waals surface area contributed by atoms with Crippen LogP contribution in [-0.4, -0.2) is 18.1 Å². The number of esters is 1. The molecule has 0 radical (unpaired) electrons. The van der Waals surface area contributed by atoms with Gasteiger partial charge in [-0.15, -0.1) is 22.7 Å². The molecule has 0 N–H and O–H groups in total. The van der Waals surface area contributed by atoms with Crippen molar-refractivity contribution in [2.45, 2.75) is 19.8 Å². The van der Waals surface area contributed by atoms with E-state index >= 15 is 0 Å². The van der Waals surface area contributed by atoms with E-state index in [-0.39, 0.29) is 5.97 Å². The van der Waals surface area contributed by atoms with Gasteiger partial charge in [-0.05, 0) is 19.1 Å². The Bertz CT molecular complexity index is 516. The van der Waals surface area contributed by atoms with Gasteiger partial charge < -0.3 is 4.74 Å². The largest absolute Gasteiger partial charge is 0.469 e. The van der Waals surface area contributed by atoms with Crippen LogP contribution in [0.1, 0.15) is 17.0 Å². The lowest BCUT2D eigenvalue weighted by molar-refractivity contribution is -0.140. The number of hydrogen-bond acceptors (Lipinski definition) is 5. The Labute approximate surface area is 108 Å². The molecule has 2 heterocycles. The predicted octanol–water partition coefficient (Wildman–Crippen LogP) is 3.29. The number of hydrogen-bond donors (Lipinski definition) is 0. The smallest absolute Gasteiger partial charge is 0.305 e. The zero-order valence-corrected chi connectivity index (χ0v) is 11.4. The van der Waals surface area contributed by atoms with Gasteiger partial charge in [-0.3, -0.25) is 4.79 Å². The molecule has 2 aromatic rings. The standard InChI is InChI=1S/C12H13NO2S2/c1-8-3-5-10(17-8)12-13-9(7-16-12)4-6-11(14)15-2/h3,5,7H,4,6H2,1-2H3. The number of aromatic nitrogens is 1. The third-order valence-electron chi connectivity index (χ3n) is 2.32. The van der Waals surface area contributed by atoms with Crippen molar-refractivity contribution in [2.24, 2.45) is 0 Å². The van der Waals surface area contributed by atoms with Crippen molar-refractivity contribution in [2.75, 3.05) is 7.11 Å². The molecular formula is C12H13NO2S2. The van der Waals surface area contributed by atoms with E-state index in [9.17, 15) is 4.79 Å². The van der Waals surface area contributed by atoms with Gasteiger partial charge >= 0.3 is 5.97 Å². The van der Waals surface area contributed by atoms with Crippen LogP contribution in [-0.2, 0) is 16.0 Å². The third kappa shape index (κ3) is 3.14. The number of ether oxygens (including phenoxy) is 1. The molecule has 0 saturated heterocycles. The summed E-state index contributed by atoms with van der Waals surface area (Å²) in [5.41, 5.74) is 0.960. The summed E-state index contributed by atoms with van der Waals surface area (Å²) in [5, 5.41) is 3.04. The van der Waals surface area contributed by atoms with Crippen LogP contribution in [0.3, 0.4) is 0 Å². The number of carbonyl (C=O) groups excluding carboxylic acids is 1. The average Bonchev–Trinajstić information content (AvgIpc) is 2.94. The molecule has 0 bridgehead atoms. The number of rotatable bonds is 4. The molecule has 0 aliphatic rings. The van der Waals surface area contributed by atoms with Crippen LogP contribution in [0.15, 0.2) is 17.5 Å². The minimum absolute atomic E-state index is 0.188. The first-order valence-electron chi connectivity index (χ1n) is 5.27. The van der Waals surface area contributed by atoms with Crippen LogP contribution in [0, 0.1) is 6.92 Å². The minimum Gasteiger partial charge on any atom is -0.469 e. The summed E-state index contributed by atoms with van der Waals surface area (Å²) < 4.78 is 4.61. The Kier molecular flexibility index (Phi) is 3.91. The second-order valence-corrected chi connectivity index (χ2v) is 5.78. The van der Waals surface area contributed by atoms with Crippen LogP contribution < -0.4 is 0 Å². The summed E-state index contributed by atoms with van der Waals surface area (Å²) in [4.78, 5) is 18.0. The maximum absolute atomic E-state index is 11.0. The van der Waals surface area contributed by atoms with Crippen molar-refractivity contribution in [3.63, 3.8) is 0 Å². The van der Waals surface area contributed by atoms with E-state index in [0.29, 0.717) is 12.8 Å². The highest BCUT2D eigenvalue weighted by molar-refractivity contribution is 7.21. The van der Waals surface area contributed by atoms with Crippen molar-refractivity contribution in [1.82, 2.24) is 4.98 Å². The van der Waals surface area contributed by atoms with Gasteiger partial charge in [-0.2, -0.15) is 0 Å². The van der Waals surface area contributed by atoms with Gasteiger partial charge in [-0.25, -0.2) is 4.98 Å². The highest BCUT2D eigenvalue weighted by atomic mass is 32.1. The van der Waals surface area contributed by atoms with E-state index < -0.39 is 0 Å². The fourth-order valence-electron chi connectivity index (χ4n) is 1.42. The summed E-state index contributed by atoms with van der Waals surface area (Å²) in [5.74, 6) is -0.188. The highest BCUT2D eigenvalue weighted by Gasteiger charge is 2.08. The quantitative estimate of drug-likeness (QED) is 0.798. The Morgan fingerprint density at radius 1 is 1.47 bits per heavy atom. The lowest BCUT2D eigenvalue weighted by Crippen LogP contribution is -2.01. The number of aryl methyl sites for hydroxylation is 2. The molecular weight excluding hydrogens is 254 g/mol. The van der Waals surface area contributed by atoms with Gasteiger partial charge in [0.25, 0.3) is 0 Å². The lowest BCUT2D eigenvalue weighted by atomic mass is 10.2. The summed E-state index contributed by atoms with van der Waals surface area (Å²) in [6.07, 6.45) is 1.04. The predicted molar refractivity (Wildman–Crippen MR) is 70.5 cm³/mol. The average molecular weight is 267 g/mol. The Balaban J connectivity index is 2.03. The molecule has 0 spiro atoms. The van der Waals surface area contributed by atoms with Gasteiger partial charge in [-0.1, -0.05) is 0 Å². The van der Waals surface area contributed by atoms with Crippen LogP contribution in [0.25, 0.3) is 9.88 Å².